The molecule has 0 aliphatic carbocycles. The molecule has 1 rings (SSSR count). The molecule has 1 unspecified atom stereocenters. The molecule has 1 aromatic rings. The van der Waals surface area contributed by atoms with Crippen LogP contribution in [0.3, 0.4) is 0 Å². The average Bonchev–Trinajstić information content (AvgIpc) is 2.38. The van der Waals surface area contributed by atoms with E-state index < -0.39 is 6.10 Å². The van der Waals surface area contributed by atoms with Crippen molar-refractivity contribution < 1.29 is 9.53 Å². The minimum atomic E-state index is -0.607. The van der Waals surface area contributed by atoms with Crippen LogP contribution in [0, 0.1) is 0 Å². The van der Waals surface area contributed by atoms with Gasteiger partial charge in [-0.05, 0) is 39.3 Å². The third-order valence-electron chi connectivity index (χ3n) is 3.30. The fourth-order valence-electron chi connectivity index (χ4n) is 1.61. The Hall–Kier alpha value is -1.26. The number of ether oxygens (including phenoxy) is 1. The van der Waals surface area contributed by atoms with Crippen LogP contribution in [0.15, 0.2) is 18.2 Å². The smallest absolute Gasteiger partial charge is 0.261 e. The Bertz CT molecular complexity index is 475. The van der Waals surface area contributed by atoms with Crippen molar-refractivity contribution in [3.8, 4) is 5.75 Å². The molecule has 1 aromatic carbocycles. The summed E-state index contributed by atoms with van der Waals surface area (Å²) >= 11 is 6.06. The number of amides is 1. The quantitative estimate of drug-likeness (QED) is 0.849. The lowest BCUT2D eigenvalue weighted by Crippen LogP contribution is -2.48. The van der Waals surface area contributed by atoms with Crippen LogP contribution in [0.5, 0.6) is 5.75 Å². The van der Waals surface area contributed by atoms with Gasteiger partial charge in [-0.15, -0.1) is 0 Å². The highest BCUT2D eigenvalue weighted by atomic mass is 35.5. The lowest BCUT2D eigenvalue weighted by Gasteiger charge is -2.27. The highest BCUT2D eigenvalue weighted by Gasteiger charge is 2.23. The maximum Gasteiger partial charge on any atom is 0.261 e. The summed E-state index contributed by atoms with van der Waals surface area (Å²) in [6, 6.07) is 5.29. The zero-order chi connectivity index (χ0) is 15.3. The number of hydrogen-bond donors (Lipinski definition) is 2. The molecule has 0 heterocycles. The molecule has 0 aliphatic rings. The maximum atomic E-state index is 12.1. The van der Waals surface area contributed by atoms with Crippen molar-refractivity contribution in [3.63, 3.8) is 0 Å². The number of benzene rings is 1. The SMILES string of the molecule is CCC(C)(C)NC(=O)C(C)Oc1cccc(Cl)c1CN. The standard InChI is InChI=1S/C15H23ClN2O2/c1-5-15(3,4)18-14(19)10(2)20-13-8-6-7-12(16)11(13)9-17/h6-8,10H,5,9,17H2,1-4H3,(H,18,19). The number of carbonyl (C=O) groups is 1. The Kier molecular flexibility index (Phi) is 5.84. The van der Waals surface area contributed by atoms with Gasteiger partial charge in [0.2, 0.25) is 0 Å². The van der Waals surface area contributed by atoms with E-state index in [1.807, 2.05) is 20.8 Å². The Balaban J connectivity index is 2.78. The van der Waals surface area contributed by atoms with Crippen molar-refractivity contribution in [1.82, 2.24) is 5.32 Å². The first-order chi connectivity index (χ1) is 9.30. The highest BCUT2D eigenvalue weighted by molar-refractivity contribution is 6.31. The zero-order valence-corrected chi connectivity index (χ0v) is 13.3. The lowest BCUT2D eigenvalue weighted by molar-refractivity contribution is -0.129. The van der Waals surface area contributed by atoms with Gasteiger partial charge in [0.25, 0.3) is 5.91 Å². The number of hydrogen-bond acceptors (Lipinski definition) is 3. The van der Waals surface area contributed by atoms with Crippen LogP contribution in [-0.2, 0) is 11.3 Å². The van der Waals surface area contributed by atoms with E-state index in [9.17, 15) is 4.79 Å². The molecule has 0 bridgehead atoms. The van der Waals surface area contributed by atoms with Gasteiger partial charge in [-0.1, -0.05) is 24.6 Å². The van der Waals surface area contributed by atoms with E-state index in [0.717, 1.165) is 6.42 Å². The monoisotopic (exact) mass is 298 g/mol. The second kappa shape index (κ2) is 6.95. The summed E-state index contributed by atoms with van der Waals surface area (Å²) in [4.78, 5) is 12.1. The summed E-state index contributed by atoms with van der Waals surface area (Å²) in [7, 11) is 0. The zero-order valence-electron chi connectivity index (χ0n) is 12.5. The van der Waals surface area contributed by atoms with Gasteiger partial charge in [0, 0.05) is 22.7 Å². The first kappa shape index (κ1) is 16.8. The van der Waals surface area contributed by atoms with Crippen LogP contribution in [-0.4, -0.2) is 17.6 Å². The molecule has 0 saturated heterocycles. The molecule has 4 nitrogen and oxygen atoms in total. The molecular formula is C15H23ClN2O2. The van der Waals surface area contributed by atoms with E-state index in [0.29, 0.717) is 16.3 Å². The van der Waals surface area contributed by atoms with Gasteiger partial charge in [-0.3, -0.25) is 4.79 Å². The van der Waals surface area contributed by atoms with Crippen LogP contribution in [0.25, 0.3) is 0 Å². The van der Waals surface area contributed by atoms with E-state index in [1.165, 1.54) is 0 Å². The molecule has 0 aromatic heterocycles. The molecule has 0 fully saturated rings. The van der Waals surface area contributed by atoms with Crippen LogP contribution in [0.1, 0.15) is 39.7 Å². The second-order valence-corrected chi connectivity index (χ2v) is 5.81. The normalized spacial score (nSPS) is 12.9. The van der Waals surface area contributed by atoms with Gasteiger partial charge < -0.3 is 15.8 Å². The van der Waals surface area contributed by atoms with Gasteiger partial charge in [0.15, 0.2) is 6.10 Å². The summed E-state index contributed by atoms with van der Waals surface area (Å²) in [5.41, 5.74) is 6.12. The van der Waals surface area contributed by atoms with Crippen molar-refractivity contribution in [1.29, 1.82) is 0 Å². The average molecular weight is 299 g/mol. The molecule has 1 amide bonds. The third kappa shape index (κ3) is 4.39. The van der Waals surface area contributed by atoms with Gasteiger partial charge >= 0.3 is 0 Å². The second-order valence-electron chi connectivity index (χ2n) is 5.41. The van der Waals surface area contributed by atoms with Crippen molar-refractivity contribution >= 4 is 17.5 Å². The van der Waals surface area contributed by atoms with E-state index in [2.05, 4.69) is 5.32 Å². The largest absolute Gasteiger partial charge is 0.481 e. The van der Waals surface area contributed by atoms with Crippen molar-refractivity contribution in [2.45, 2.75) is 52.3 Å². The third-order valence-corrected chi connectivity index (χ3v) is 3.65. The molecule has 0 aliphatic heterocycles. The van der Waals surface area contributed by atoms with Gasteiger partial charge in [0.05, 0.1) is 0 Å². The van der Waals surface area contributed by atoms with E-state index in [1.54, 1.807) is 25.1 Å². The van der Waals surface area contributed by atoms with Gasteiger partial charge in [0.1, 0.15) is 5.75 Å². The predicted octanol–water partition coefficient (Wildman–Crippen LogP) is 2.87. The lowest BCUT2D eigenvalue weighted by atomic mass is 10.0. The molecule has 20 heavy (non-hydrogen) atoms. The Morgan fingerprint density at radius 3 is 2.70 bits per heavy atom. The molecule has 112 valence electrons. The van der Waals surface area contributed by atoms with Crippen LogP contribution in [0.2, 0.25) is 5.02 Å². The highest BCUT2D eigenvalue weighted by Crippen LogP contribution is 2.26. The summed E-state index contributed by atoms with van der Waals surface area (Å²) in [5.74, 6) is 0.400. The van der Waals surface area contributed by atoms with Crippen LogP contribution < -0.4 is 15.8 Å². The van der Waals surface area contributed by atoms with E-state index >= 15 is 0 Å². The summed E-state index contributed by atoms with van der Waals surface area (Å²) in [6.07, 6.45) is 0.237. The summed E-state index contributed by atoms with van der Waals surface area (Å²) < 4.78 is 5.69. The Labute approximate surface area is 125 Å². The minimum Gasteiger partial charge on any atom is -0.481 e. The first-order valence-corrected chi connectivity index (χ1v) is 7.14. The fourth-order valence-corrected chi connectivity index (χ4v) is 1.86. The molecule has 1 atom stereocenters. The Morgan fingerprint density at radius 1 is 1.50 bits per heavy atom. The molecule has 3 N–H and O–H groups in total. The van der Waals surface area contributed by atoms with E-state index in [4.69, 9.17) is 22.1 Å². The number of nitrogens with two attached hydrogens (primary N) is 1. The molecule has 5 heteroatoms. The number of rotatable bonds is 6. The molecular weight excluding hydrogens is 276 g/mol. The predicted molar refractivity (Wildman–Crippen MR) is 81.9 cm³/mol. The first-order valence-electron chi connectivity index (χ1n) is 6.77. The summed E-state index contributed by atoms with van der Waals surface area (Å²) in [5, 5.41) is 3.50. The Morgan fingerprint density at radius 2 is 2.15 bits per heavy atom. The number of nitrogens with one attached hydrogen (secondary N) is 1. The summed E-state index contributed by atoms with van der Waals surface area (Å²) in [6.45, 7) is 7.95. The minimum absolute atomic E-state index is 0.153. The van der Waals surface area contributed by atoms with Gasteiger partial charge in [-0.25, -0.2) is 0 Å². The fraction of sp³-hybridized carbons (Fsp3) is 0.533. The van der Waals surface area contributed by atoms with Crippen molar-refractivity contribution in [3.05, 3.63) is 28.8 Å². The van der Waals surface area contributed by atoms with Crippen LogP contribution >= 0.6 is 11.6 Å². The number of carbonyl (C=O) groups excluding carboxylic acids is 1. The molecule has 0 saturated carbocycles. The molecule has 0 spiro atoms. The maximum absolute atomic E-state index is 12.1. The van der Waals surface area contributed by atoms with Gasteiger partial charge in [-0.2, -0.15) is 0 Å². The van der Waals surface area contributed by atoms with Crippen molar-refractivity contribution in [2.24, 2.45) is 5.73 Å². The van der Waals surface area contributed by atoms with E-state index in [-0.39, 0.29) is 18.0 Å². The van der Waals surface area contributed by atoms with Crippen LogP contribution in [0.4, 0.5) is 0 Å². The topological polar surface area (TPSA) is 64.3 Å². The van der Waals surface area contributed by atoms with Crippen molar-refractivity contribution in [2.75, 3.05) is 0 Å². The number of halogens is 1. The molecule has 0 radical (unpaired) electrons.